The van der Waals surface area contributed by atoms with Crippen molar-refractivity contribution >= 4 is 17.7 Å². The summed E-state index contributed by atoms with van der Waals surface area (Å²) >= 11 is 0. The Balaban J connectivity index is 1.42. The quantitative estimate of drug-likeness (QED) is 0.145. The number of halogens is 1. The highest BCUT2D eigenvalue weighted by atomic mass is 19.1. The predicted molar refractivity (Wildman–Crippen MR) is 160 cm³/mol. The third-order valence-electron chi connectivity index (χ3n) is 6.33. The zero-order valence-corrected chi connectivity index (χ0v) is 22.8. The molecular formula is C34H27FN4O3. The fourth-order valence-electron chi connectivity index (χ4n) is 4.22. The molecule has 5 rings (SSSR count). The van der Waals surface area contributed by atoms with Crippen LogP contribution in [0.5, 0.6) is 11.5 Å². The number of carbonyl (C=O) groups is 1. The molecule has 0 saturated heterocycles. The summed E-state index contributed by atoms with van der Waals surface area (Å²) in [6.45, 7) is 2.53. The average molecular weight is 559 g/mol. The van der Waals surface area contributed by atoms with Gasteiger partial charge in [0.15, 0.2) is 0 Å². The maximum absolute atomic E-state index is 14.0. The number of rotatable bonds is 10. The molecule has 0 unspecified atom stereocenters. The predicted octanol–water partition coefficient (Wildman–Crippen LogP) is 7.20. The molecule has 0 aliphatic carbocycles. The number of nitriles is 1. The molecule has 8 heteroatoms. The molecule has 0 bridgehead atoms. The van der Waals surface area contributed by atoms with E-state index in [0.29, 0.717) is 40.6 Å². The zero-order valence-electron chi connectivity index (χ0n) is 22.8. The molecule has 0 radical (unpaired) electrons. The van der Waals surface area contributed by atoms with Crippen LogP contribution in [0.1, 0.15) is 18.1 Å². The Kier molecular flexibility index (Phi) is 8.70. The second-order valence-corrected chi connectivity index (χ2v) is 9.20. The van der Waals surface area contributed by atoms with Crippen molar-refractivity contribution in [2.24, 2.45) is 0 Å². The summed E-state index contributed by atoms with van der Waals surface area (Å²) in [5.41, 5.74) is 3.64. The first-order valence-electron chi connectivity index (χ1n) is 13.3. The van der Waals surface area contributed by atoms with Crippen LogP contribution in [0.15, 0.2) is 115 Å². The third-order valence-corrected chi connectivity index (χ3v) is 6.33. The Hall–Kier alpha value is -5.68. The van der Waals surface area contributed by atoms with Crippen LogP contribution in [0.25, 0.3) is 23.0 Å². The van der Waals surface area contributed by atoms with Crippen molar-refractivity contribution in [3.8, 4) is 34.5 Å². The number of carbonyl (C=O) groups excluding carboxylic acids is 1. The topological polar surface area (TPSA) is 89.2 Å². The number of nitrogens with zero attached hydrogens (tertiary/aromatic N) is 3. The second-order valence-electron chi connectivity index (χ2n) is 9.20. The van der Waals surface area contributed by atoms with E-state index in [0.717, 1.165) is 11.3 Å². The molecule has 0 fully saturated rings. The van der Waals surface area contributed by atoms with Crippen LogP contribution in [0.3, 0.4) is 0 Å². The van der Waals surface area contributed by atoms with Crippen molar-refractivity contribution in [2.75, 3.05) is 11.9 Å². The number of nitrogens with one attached hydrogen (secondary N) is 1. The molecule has 7 nitrogen and oxygen atoms in total. The maximum Gasteiger partial charge on any atom is 0.266 e. The number of para-hydroxylation sites is 1. The van der Waals surface area contributed by atoms with Crippen molar-refractivity contribution in [1.29, 1.82) is 5.26 Å². The smallest absolute Gasteiger partial charge is 0.266 e. The molecule has 5 aromatic rings. The van der Waals surface area contributed by atoms with E-state index in [1.807, 2.05) is 55.5 Å². The van der Waals surface area contributed by atoms with Gasteiger partial charge in [0.05, 0.1) is 18.0 Å². The second kappa shape index (κ2) is 13.1. The molecule has 0 saturated carbocycles. The summed E-state index contributed by atoms with van der Waals surface area (Å²) in [7, 11) is 0. The van der Waals surface area contributed by atoms with Crippen LogP contribution in [0.2, 0.25) is 0 Å². The number of ether oxygens (including phenoxy) is 2. The molecular weight excluding hydrogens is 531 g/mol. The molecule has 1 heterocycles. The summed E-state index contributed by atoms with van der Waals surface area (Å²) in [5, 5.41) is 17.4. The molecule has 0 spiro atoms. The number of benzene rings is 4. The van der Waals surface area contributed by atoms with Crippen LogP contribution in [0.4, 0.5) is 10.1 Å². The Morgan fingerprint density at radius 3 is 2.29 bits per heavy atom. The monoisotopic (exact) mass is 558 g/mol. The van der Waals surface area contributed by atoms with E-state index in [1.54, 1.807) is 65.5 Å². The number of amides is 1. The van der Waals surface area contributed by atoms with Gasteiger partial charge in [-0.15, -0.1) is 0 Å². The largest absolute Gasteiger partial charge is 0.494 e. The van der Waals surface area contributed by atoms with E-state index in [-0.39, 0.29) is 18.0 Å². The minimum absolute atomic E-state index is 0.0809. The summed E-state index contributed by atoms with van der Waals surface area (Å²) < 4.78 is 26.9. The van der Waals surface area contributed by atoms with Gasteiger partial charge in [-0.1, -0.05) is 36.4 Å². The van der Waals surface area contributed by atoms with Crippen LogP contribution in [0, 0.1) is 17.1 Å². The first-order chi connectivity index (χ1) is 20.5. The van der Waals surface area contributed by atoms with Crippen molar-refractivity contribution in [3.63, 3.8) is 0 Å². The highest BCUT2D eigenvalue weighted by Gasteiger charge is 2.16. The lowest BCUT2D eigenvalue weighted by Gasteiger charge is -2.08. The third kappa shape index (κ3) is 6.72. The Morgan fingerprint density at radius 1 is 0.929 bits per heavy atom. The SMILES string of the molecule is CCOc1ccc(NC(=O)/C(C#N)=C\c2cn(-c3ccccc3)nc2-c2ccc(OCc3ccccc3F)cc2)cc1. The summed E-state index contributed by atoms with van der Waals surface area (Å²) in [6, 6.07) is 32.2. The molecule has 0 atom stereocenters. The standard InChI is InChI=1S/C34H27FN4O3/c1-2-41-30-18-14-28(15-19-30)37-34(40)26(21-36)20-27-22-39(29-9-4-3-5-10-29)38-33(27)24-12-16-31(17-13-24)42-23-25-8-6-7-11-32(25)35/h3-20,22H,2,23H2,1H3,(H,37,40)/b26-20-. The van der Waals surface area contributed by atoms with Gasteiger partial charge in [0.25, 0.3) is 5.91 Å². The summed E-state index contributed by atoms with van der Waals surface area (Å²) in [5.74, 6) is 0.385. The number of anilines is 1. The number of hydrogen-bond donors (Lipinski definition) is 1. The van der Waals surface area contributed by atoms with Gasteiger partial charge in [-0.3, -0.25) is 4.79 Å². The first kappa shape index (κ1) is 27.9. The lowest BCUT2D eigenvalue weighted by molar-refractivity contribution is -0.112. The minimum atomic E-state index is -0.544. The van der Waals surface area contributed by atoms with Crippen molar-refractivity contribution in [2.45, 2.75) is 13.5 Å². The van der Waals surface area contributed by atoms with Gasteiger partial charge in [0, 0.05) is 28.6 Å². The van der Waals surface area contributed by atoms with E-state index in [4.69, 9.17) is 14.6 Å². The molecule has 0 aliphatic rings. The molecule has 1 aromatic heterocycles. The molecule has 4 aromatic carbocycles. The van der Waals surface area contributed by atoms with Gasteiger partial charge in [0.1, 0.15) is 35.6 Å². The minimum Gasteiger partial charge on any atom is -0.494 e. The molecule has 1 N–H and O–H groups in total. The number of hydrogen-bond acceptors (Lipinski definition) is 5. The van der Waals surface area contributed by atoms with Gasteiger partial charge < -0.3 is 14.8 Å². The maximum atomic E-state index is 14.0. The van der Waals surface area contributed by atoms with E-state index >= 15 is 0 Å². The van der Waals surface area contributed by atoms with Crippen LogP contribution in [-0.4, -0.2) is 22.3 Å². The highest BCUT2D eigenvalue weighted by molar-refractivity contribution is 6.10. The molecule has 42 heavy (non-hydrogen) atoms. The fraction of sp³-hybridized carbons (Fsp3) is 0.0882. The van der Waals surface area contributed by atoms with E-state index in [1.165, 1.54) is 12.1 Å². The van der Waals surface area contributed by atoms with Crippen LogP contribution >= 0.6 is 0 Å². The van der Waals surface area contributed by atoms with Gasteiger partial charge in [0.2, 0.25) is 0 Å². The molecule has 1 amide bonds. The van der Waals surface area contributed by atoms with Gasteiger partial charge in [-0.2, -0.15) is 10.4 Å². The van der Waals surface area contributed by atoms with Crippen LogP contribution < -0.4 is 14.8 Å². The fourth-order valence-corrected chi connectivity index (χ4v) is 4.22. The Morgan fingerprint density at radius 2 is 1.60 bits per heavy atom. The highest BCUT2D eigenvalue weighted by Crippen LogP contribution is 2.28. The zero-order chi connectivity index (χ0) is 29.3. The summed E-state index contributed by atoms with van der Waals surface area (Å²) in [6.07, 6.45) is 3.29. The van der Waals surface area contributed by atoms with E-state index in [2.05, 4.69) is 5.32 Å². The Bertz CT molecular complexity index is 1740. The average Bonchev–Trinajstić information content (AvgIpc) is 3.45. The Labute approximate surface area is 243 Å². The first-order valence-corrected chi connectivity index (χ1v) is 13.3. The normalized spacial score (nSPS) is 11.0. The molecule has 0 aliphatic heterocycles. The van der Waals surface area contributed by atoms with E-state index in [9.17, 15) is 14.4 Å². The van der Waals surface area contributed by atoms with Gasteiger partial charge >= 0.3 is 0 Å². The molecule has 208 valence electrons. The lowest BCUT2D eigenvalue weighted by Crippen LogP contribution is -2.13. The van der Waals surface area contributed by atoms with Gasteiger partial charge in [-0.25, -0.2) is 9.07 Å². The van der Waals surface area contributed by atoms with Crippen molar-refractivity contribution in [1.82, 2.24) is 9.78 Å². The number of aromatic nitrogens is 2. The van der Waals surface area contributed by atoms with Crippen LogP contribution in [-0.2, 0) is 11.4 Å². The van der Waals surface area contributed by atoms with Gasteiger partial charge in [-0.05, 0) is 79.7 Å². The van der Waals surface area contributed by atoms with Crippen molar-refractivity contribution in [3.05, 3.63) is 132 Å². The lowest BCUT2D eigenvalue weighted by atomic mass is 10.1. The van der Waals surface area contributed by atoms with Crippen molar-refractivity contribution < 1.29 is 18.7 Å². The van der Waals surface area contributed by atoms with E-state index < -0.39 is 5.91 Å². The summed E-state index contributed by atoms with van der Waals surface area (Å²) in [4.78, 5) is 13.0.